The number of carbonyl (C=O) groups excluding carboxylic acids is 1. The summed E-state index contributed by atoms with van der Waals surface area (Å²) in [7, 11) is -8.95. The van der Waals surface area contributed by atoms with Crippen LogP contribution in [0.3, 0.4) is 0 Å². The molecule has 13 nitrogen and oxygen atoms in total. The van der Waals surface area contributed by atoms with Gasteiger partial charge in [-0.2, -0.15) is 40.4 Å². The van der Waals surface area contributed by atoms with Crippen molar-refractivity contribution in [2.24, 2.45) is 11.8 Å². The number of aromatic nitrogens is 4. The Morgan fingerprint density at radius 1 is 0.756 bits per heavy atom. The highest BCUT2D eigenvalue weighted by molar-refractivity contribution is 8.00. The second-order valence-electron chi connectivity index (χ2n) is 9.36. The summed E-state index contributed by atoms with van der Waals surface area (Å²) in [5, 5.41) is -2.25. The molecule has 3 rings (SSSR count). The highest BCUT2D eigenvalue weighted by atomic mass is 32.2. The van der Waals surface area contributed by atoms with Crippen molar-refractivity contribution in [1.29, 1.82) is 0 Å². The summed E-state index contributed by atoms with van der Waals surface area (Å²) >= 11 is 1.57. The number of halogens is 6. The molecular weight excluding hydrogens is 707 g/mol. The molecule has 0 bridgehead atoms. The maximum atomic E-state index is 14.0. The second kappa shape index (κ2) is 15.0. The Labute approximate surface area is 260 Å². The molecule has 1 aliphatic carbocycles. The Bertz CT molecular complexity index is 1440. The van der Waals surface area contributed by atoms with Crippen LogP contribution in [0.2, 0.25) is 0 Å². The number of rotatable bonds is 14. The van der Waals surface area contributed by atoms with E-state index in [1.54, 1.807) is 0 Å². The van der Waals surface area contributed by atoms with E-state index in [9.17, 15) is 57.1 Å². The molecule has 0 radical (unpaired) electrons. The van der Waals surface area contributed by atoms with Gasteiger partial charge in [-0.3, -0.25) is 23.9 Å². The number of ether oxygens (including phenoxy) is 2. The molecule has 2 aromatic heterocycles. The molecule has 0 aromatic carbocycles. The summed E-state index contributed by atoms with van der Waals surface area (Å²) in [6, 6.07) is 0. The maximum Gasteiger partial charge on any atom is 0.574 e. The Kier molecular flexibility index (Phi) is 12.3. The molecule has 252 valence electrons. The average molecular weight is 731 g/mol. The van der Waals surface area contributed by atoms with Gasteiger partial charge in [0, 0.05) is 35.7 Å². The summed E-state index contributed by atoms with van der Waals surface area (Å²) in [4.78, 5) is 29.0. The van der Waals surface area contributed by atoms with Crippen LogP contribution in [0.15, 0.2) is 24.8 Å². The van der Waals surface area contributed by atoms with Crippen LogP contribution in [0.1, 0.15) is 41.2 Å². The van der Waals surface area contributed by atoms with Gasteiger partial charge in [0.15, 0.2) is 0 Å². The van der Waals surface area contributed by atoms with Crippen molar-refractivity contribution in [3.8, 4) is 11.8 Å². The van der Waals surface area contributed by atoms with Gasteiger partial charge in [-0.1, -0.05) is 6.42 Å². The fourth-order valence-electron chi connectivity index (χ4n) is 4.43. The van der Waals surface area contributed by atoms with Crippen molar-refractivity contribution in [3.63, 3.8) is 0 Å². The molecular formula is C22H24F6N4O9S4. The molecule has 45 heavy (non-hydrogen) atoms. The summed E-state index contributed by atoms with van der Waals surface area (Å²) in [5.41, 5.74) is -0.376. The Balaban J connectivity index is 2.00. The SMILES string of the molecule is O=C1C(C(SCCS(=O)(=O)O)c2cncc(OC(F)(F)F)n2)CCCC1C(SCCS(=O)(=O)O)c1cncc(OC(F)(F)F)n1. The number of nitrogens with zero attached hydrogens (tertiary/aromatic N) is 4. The van der Waals surface area contributed by atoms with Crippen molar-refractivity contribution >= 4 is 49.5 Å². The van der Waals surface area contributed by atoms with Gasteiger partial charge in [-0.25, -0.2) is 9.97 Å². The predicted molar refractivity (Wildman–Crippen MR) is 146 cm³/mol. The lowest BCUT2D eigenvalue weighted by molar-refractivity contribution is -0.277. The second-order valence-corrected chi connectivity index (χ2v) is 15.0. The van der Waals surface area contributed by atoms with Gasteiger partial charge in [0.1, 0.15) is 5.78 Å². The molecule has 23 heteroatoms. The van der Waals surface area contributed by atoms with Crippen molar-refractivity contribution in [2.45, 2.75) is 42.5 Å². The van der Waals surface area contributed by atoms with Crippen LogP contribution in [0.4, 0.5) is 26.3 Å². The minimum atomic E-state index is -5.13. The van der Waals surface area contributed by atoms with E-state index in [-0.39, 0.29) is 42.2 Å². The van der Waals surface area contributed by atoms with Crippen LogP contribution >= 0.6 is 23.5 Å². The lowest BCUT2D eigenvalue weighted by Crippen LogP contribution is -2.35. The van der Waals surface area contributed by atoms with Crippen LogP contribution in [0.5, 0.6) is 11.8 Å². The zero-order chi connectivity index (χ0) is 33.6. The third-order valence-electron chi connectivity index (χ3n) is 6.06. The summed E-state index contributed by atoms with van der Waals surface area (Å²) in [6.07, 6.45) is -6.32. The number of ketones is 1. The number of hydrogen-bond acceptors (Lipinski definition) is 13. The van der Waals surface area contributed by atoms with E-state index in [2.05, 4.69) is 29.4 Å². The molecule has 2 N–H and O–H groups in total. The first-order valence-electron chi connectivity index (χ1n) is 12.5. The zero-order valence-electron chi connectivity index (χ0n) is 22.5. The van der Waals surface area contributed by atoms with Crippen LogP contribution < -0.4 is 9.47 Å². The van der Waals surface area contributed by atoms with Crippen LogP contribution in [0, 0.1) is 11.8 Å². The normalized spacial score (nSPS) is 19.6. The zero-order valence-corrected chi connectivity index (χ0v) is 25.8. The van der Waals surface area contributed by atoms with Gasteiger partial charge < -0.3 is 9.47 Å². The fraction of sp³-hybridized carbons (Fsp3) is 0.591. The van der Waals surface area contributed by atoms with E-state index < -0.39 is 84.3 Å². The monoisotopic (exact) mass is 730 g/mol. The first-order chi connectivity index (χ1) is 20.7. The Morgan fingerprint density at radius 3 is 1.47 bits per heavy atom. The van der Waals surface area contributed by atoms with Gasteiger partial charge in [-0.15, -0.1) is 26.3 Å². The summed E-state index contributed by atoms with van der Waals surface area (Å²) < 4.78 is 148. The van der Waals surface area contributed by atoms with Crippen molar-refractivity contribution in [2.75, 3.05) is 23.0 Å². The Hall–Kier alpha value is -2.47. The van der Waals surface area contributed by atoms with E-state index in [1.165, 1.54) is 0 Å². The average Bonchev–Trinajstić information content (AvgIpc) is 2.87. The molecule has 1 aliphatic rings. The molecule has 2 aromatic rings. The molecule has 1 fully saturated rings. The molecule has 0 aliphatic heterocycles. The topological polar surface area (TPSA) is 196 Å². The van der Waals surface area contributed by atoms with Crippen molar-refractivity contribution < 1.29 is 66.6 Å². The van der Waals surface area contributed by atoms with Crippen LogP contribution in [-0.2, 0) is 25.0 Å². The first-order valence-corrected chi connectivity index (χ1v) is 17.8. The van der Waals surface area contributed by atoms with Crippen LogP contribution in [0.25, 0.3) is 0 Å². The van der Waals surface area contributed by atoms with Gasteiger partial charge in [0.05, 0.1) is 45.8 Å². The third-order valence-corrected chi connectivity index (χ3v) is 10.8. The number of alkyl halides is 6. The number of carbonyl (C=O) groups is 1. The minimum absolute atomic E-state index is 0.121. The van der Waals surface area contributed by atoms with Gasteiger partial charge in [-0.05, 0) is 12.8 Å². The minimum Gasteiger partial charge on any atom is -0.386 e. The van der Waals surface area contributed by atoms with E-state index in [1.807, 2.05) is 0 Å². The van der Waals surface area contributed by atoms with Gasteiger partial charge >= 0.3 is 12.7 Å². The molecule has 2 heterocycles. The number of hydrogen-bond donors (Lipinski definition) is 2. The lowest BCUT2D eigenvalue weighted by Gasteiger charge is -2.36. The van der Waals surface area contributed by atoms with Crippen molar-refractivity contribution in [3.05, 3.63) is 36.2 Å². The largest absolute Gasteiger partial charge is 0.574 e. The molecule has 1 saturated carbocycles. The molecule has 4 atom stereocenters. The van der Waals surface area contributed by atoms with Crippen LogP contribution in [-0.4, -0.2) is 87.4 Å². The van der Waals surface area contributed by atoms with Crippen molar-refractivity contribution in [1.82, 2.24) is 19.9 Å². The summed E-state index contributed by atoms with van der Waals surface area (Å²) in [5.74, 6) is -6.83. The van der Waals surface area contributed by atoms with Gasteiger partial charge in [0.25, 0.3) is 20.2 Å². The maximum absolute atomic E-state index is 14.0. The Morgan fingerprint density at radius 2 is 1.13 bits per heavy atom. The van der Waals surface area contributed by atoms with E-state index in [0.29, 0.717) is 12.4 Å². The van der Waals surface area contributed by atoms with E-state index in [4.69, 9.17) is 0 Å². The standard InChI is InChI=1S/C22H24F6N4O9S4/c23-21(24,25)40-16-10-29-8-14(31-16)19(42-4-6-44(34,35)36)12-2-1-3-13(18(12)33)20(43-5-7-45(37,38)39)15-9-30-11-17(32-15)41-22(26,27)28/h8-13,19-20H,1-7H2,(H,34,35,36)(H,37,38,39). The highest BCUT2D eigenvalue weighted by Crippen LogP contribution is 2.48. The lowest BCUT2D eigenvalue weighted by atomic mass is 9.76. The molecule has 0 saturated heterocycles. The fourth-order valence-corrected chi connectivity index (χ4v) is 8.97. The highest BCUT2D eigenvalue weighted by Gasteiger charge is 2.43. The number of Topliss-reactive ketones (excluding diaryl/α,β-unsaturated/α-hetero) is 1. The van der Waals surface area contributed by atoms with E-state index >= 15 is 0 Å². The smallest absolute Gasteiger partial charge is 0.386 e. The molecule has 0 spiro atoms. The molecule has 0 amide bonds. The third kappa shape index (κ3) is 12.7. The predicted octanol–water partition coefficient (Wildman–Crippen LogP) is 4.07. The number of thioether (sulfide) groups is 2. The quantitative estimate of drug-likeness (QED) is 0.208. The van der Waals surface area contributed by atoms with Gasteiger partial charge in [0.2, 0.25) is 11.8 Å². The molecule has 4 unspecified atom stereocenters. The first kappa shape index (κ1) is 37.0. The van der Waals surface area contributed by atoms with E-state index in [0.717, 1.165) is 35.9 Å². The summed E-state index contributed by atoms with van der Waals surface area (Å²) in [6.45, 7) is 0.